The first kappa shape index (κ1) is 9.06. The molecule has 0 aliphatic carbocycles. The molecule has 1 N–H and O–H groups in total. The maximum atomic E-state index is 10.7. The summed E-state index contributed by atoms with van der Waals surface area (Å²) in [6.07, 6.45) is 3.66. The lowest BCUT2D eigenvalue weighted by Gasteiger charge is -2.01. The number of aromatic nitrogens is 1. The predicted octanol–water partition coefficient (Wildman–Crippen LogP) is 1.76. The Balaban J connectivity index is 2.79. The van der Waals surface area contributed by atoms with Gasteiger partial charge in [0.2, 0.25) is 5.91 Å². The molecule has 4 heteroatoms. The van der Waals surface area contributed by atoms with Gasteiger partial charge in [0.25, 0.3) is 0 Å². The third kappa shape index (κ3) is 2.54. The molecule has 0 atom stereocenters. The summed E-state index contributed by atoms with van der Waals surface area (Å²) in [5.74, 6) is 0.509. The number of anilines is 1. The minimum Gasteiger partial charge on any atom is -0.311 e. The number of pyridine rings is 1. The van der Waals surface area contributed by atoms with Crippen LogP contribution in [0.25, 0.3) is 0 Å². The van der Waals surface area contributed by atoms with Crippen molar-refractivity contribution in [2.45, 2.75) is 11.8 Å². The van der Waals surface area contributed by atoms with Crippen LogP contribution in [-0.2, 0) is 4.79 Å². The molecule has 1 aromatic rings. The van der Waals surface area contributed by atoms with E-state index in [0.29, 0.717) is 5.82 Å². The van der Waals surface area contributed by atoms with Crippen molar-refractivity contribution >= 4 is 23.5 Å². The number of thioether (sulfide) groups is 1. The smallest absolute Gasteiger partial charge is 0.222 e. The summed E-state index contributed by atoms with van der Waals surface area (Å²) < 4.78 is 0. The van der Waals surface area contributed by atoms with Crippen molar-refractivity contribution in [2.75, 3.05) is 11.6 Å². The predicted molar refractivity (Wildman–Crippen MR) is 50.3 cm³/mol. The number of hydrogen-bond donors (Lipinski definition) is 1. The lowest BCUT2D eigenvalue weighted by Crippen LogP contribution is -2.06. The Bertz CT molecular complexity index is 288. The molecular weight excluding hydrogens is 172 g/mol. The number of rotatable bonds is 2. The van der Waals surface area contributed by atoms with E-state index in [0.717, 1.165) is 4.90 Å². The molecule has 0 saturated carbocycles. The highest BCUT2D eigenvalue weighted by Crippen LogP contribution is 2.16. The maximum absolute atomic E-state index is 10.7. The molecule has 64 valence electrons. The third-order valence-electron chi connectivity index (χ3n) is 1.27. The van der Waals surface area contributed by atoms with Crippen molar-refractivity contribution in [2.24, 2.45) is 0 Å². The lowest BCUT2D eigenvalue weighted by atomic mass is 10.4. The number of carbonyl (C=O) groups is 1. The van der Waals surface area contributed by atoms with E-state index in [1.54, 1.807) is 18.0 Å². The van der Waals surface area contributed by atoms with Crippen molar-refractivity contribution in [1.29, 1.82) is 0 Å². The first-order valence-corrected chi connectivity index (χ1v) is 4.72. The molecule has 0 radical (unpaired) electrons. The van der Waals surface area contributed by atoms with Gasteiger partial charge in [0.1, 0.15) is 5.82 Å². The Kier molecular flexibility index (Phi) is 3.10. The van der Waals surface area contributed by atoms with E-state index in [4.69, 9.17) is 0 Å². The standard InChI is InChI=1S/C8H10N2OS/c1-6(11)10-8-5-7(12-2)3-4-9-8/h3-5H,1-2H3,(H,9,10,11). The van der Waals surface area contributed by atoms with E-state index >= 15 is 0 Å². The van der Waals surface area contributed by atoms with Crippen molar-refractivity contribution in [1.82, 2.24) is 4.98 Å². The van der Waals surface area contributed by atoms with E-state index in [2.05, 4.69) is 10.3 Å². The van der Waals surface area contributed by atoms with Crippen molar-refractivity contribution in [3.05, 3.63) is 18.3 Å². The van der Waals surface area contributed by atoms with Gasteiger partial charge in [-0.05, 0) is 18.4 Å². The maximum Gasteiger partial charge on any atom is 0.222 e. The Morgan fingerprint density at radius 2 is 2.42 bits per heavy atom. The Morgan fingerprint density at radius 1 is 1.67 bits per heavy atom. The highest BCUT2D eigenvalue weighted by Gasteiger charge is 1.96. The molecule has 0 bridgehead atoms. The second-order valence-corrected chi connectivity index (χ2v) is 3.14. The molecule has 0 aliphatic rings. The summed E-state index contributed by atoms with van der Waals surface area (Å²) in [4.78, 5) is 15.7. The minimum atomic E-state index is -0.0965. The second kappa shape index (κ2) is 4.11. The molecule has 1 rings (SSSR count). The monoisotopic (exact) mass is 182 g/mol. The zero-order valence-electron chi connectivity index (χ0n) is 7.00. The van der Waals surface area contributed by atoms with Gasteiger partial charge in [0, 0.05) is 18.0 Å². The minimum absolute atomic E-state index is 0.0965. The first-order chi connectivity index (χ1) is 5.72. The average molecular weight is 182 g/mol. The fraction of sp³-hybridized carbons (Fsp3) is 0.250. The number of carbonyl (C=O) groups excluding carboxylic acids is 1. The van der Waals surface area contributed by atoms with Crippen LogP contribution in [0.5, 0.6) is 0 Å². The van der Waals surface area contributed by atoms with Gasteiger partial charge >= 0.3 is 0 Å². The molecule has 0 aromatic carbocycles. The summed E-state index contributed by atoms with van der Waals surface area (Å²) >= 11 is 1.62. The van der Waals surface area contributed by atoms with Crippen LogP contribution in [0.2, 0.25) is 0 Å². The van der Waals surface area contributed by atoms with Crippen LogP contribution in [0.1, 0.15) is 6.92 Å². The van der Waals surface area contributed by atoms with E-state index in [1.807, 2.05) is 18.4 Å². The molecule has 0 unspecified atom stereocenters. The molecular formula is C8H10N2OS. The van der Waals surface area contributed by atoms with Gasteiger partial charge < -0.3 is 5.32 Å². The number of nitrogens with one attached hydrogen (secondary N) is 1. The zero-order valence-corrected chi connectivity index (χ0v) is 7.81. The molecule has 12 heavy (non-hydrogen) atoms. The Hall–Kier alpha value is -1.03. The zero-order chi connectivity index (χ0) is 8.97. The first-order valence-electron chi connectivity index (χ1n) is 3.50. The van der Waals surface area contributed by atoms with E-state index in [9.17, 15) is 4.79 Å². The van der Waals surface area contributed by atoms with Crippen LogP contribution in [0.15, 0.2) is 23.2 Å². The normalized spacial score (nSPS) is 9.50. The van der Waals surface area contributed by atoms with E-state index in [1.165, 1.54) is 6.92 Å². The SMILES string of the molecule is CSc1ccnc(NC(C)=O)c1. The summed E-state index contributed by atoms with van der Waals surface area (Å²) in [5.41, 5.74) is 0. The Morgan fingerprint density at radius 3 is 3.00 bits per heavy atom. The van der Waals surface area contributed by atoms with Crippen LogP contribution in [0.4, 0.5) is 5.82 Å². The second-order valence-electron chi connectivity index (χ2n) is 2.26. The van der Waals surface area contributed by atoms with Crippen LogP contribution in [-0.4, -0.2) is 17.1 Å². The fourth-order valence-corrected chi connectivity index (χ4v) is 1.21. The molecule has 3 nitrogen and oxygen atoms in total. The highest BCUT2D eigenvalue weighted by molar-refractivity contribution is 7.98. The van der Waals surface area contributed by atoms with Gasteiger partial charge in [-0.1, -0.05) is 0 Å². The lowest BCUT2D eigenvalue weighted by molar-refractivity contribution is -0.114. The third-order valence-corrected chi connectivity index (χ3v) is 2.00. The van der Waals surface area contributed by atoms with Crippen LogP contribution >= 0.6 is 11.8 Å². The Labute approximate surface area is 75.6 Å². The molecule has 0 spiro atoms. The molecule has 1 amide bonds. The largest absolute Gasteiger partial charge is 0.311 e. The van der Waals surface area contributed by atoms with Gasteiger partial charge in [-0.2, -0.15) is 0 Å². The molecule has 1 heterocycles. The van der Waals surface area contributed by atoms with E-state index < -0.39 is 0 Å². The highest BCUT2D eigenvalue weighted by atomic mass is 32.2. The molecule has 0 fully saturated rings. The van der Waals surface area contributed by atoms with E-state index in [-0.39, 0.29) is 5.91 Å². The molecule has 1 aromatic heterocycles. The van der Waals surface area contributed by atoms with Gasteiger partial charge in [-0.25, -0.2) is 4.98 Å². The quantitative estimate of drug-likeness (QED) is 0.709. The van der Waals surface area contributed by atoms with Gasteiger partial charge in [0.15, 0.2) is 0 Å². The summed E-state index contributed by atoms with van der Waals surface area (Å²) in [7, 11) is 0. The number of nitrogens with zero attached hydrogens (tertiary/aromatic N) is 1. The number of amides is 1. The molecule has 0 saturated heterocycles. The van der Waals surface area contributed by atoms with Crippen LogP contribution < -0.4 is 5.32 Å². The van der Waals surface area contributed by atoms with Crippen LogP contribution in [0, 0.1) is 0 Å². The van der Waals surface area contributed by atoms with Gasteiger partial charge in [-0.15, -0.1) is 11.8 Å². The summed E-state index contributed by atoms with van der Waals surface area (Å²) in [6.45, 7) is 1.47. The fourth-order valence-electron chi connectivity index (χ4n) is 0.787. The van der Waals surface area contributed by atoms with Crippen molar-refractivity contribution in [3.8, 4) is 0 Å². The van der Waals surface area contributed by atoms with Crippen LogP contribution in [0.3, 0.4) is 0 Å². The summed E-state index contributed by atoms with van der Waals surface area (Å²) in [6, 6.07) is 3.74. The van der Waals surface area contributed by atoms with Gasteiger partial charge in [0.05, 0.1) is 0 Å². The molecule has 0 aliphatic heterocycles. The summed E-state index contributed by atoms with van der Waals surface area (Å²) in [5, 5.41) is 2.62. The van der Waals surface area contributed by atoms with Gasteiger partial charge in [-0.3, -0.25) is 4.79 Å². The number of hydrogen-bond acceptors (Lipinski definition) is 3. The van der Waals surface area contributed by atoms with Crippen molar-refractivity contribution < 1.29 is 4.79 Å². The van der Waals surface area contributed by atoms with Crippen molar-refractivity contribution in [3.63, 3.8) is 0 Å². The topological polar surface area (TPSA) is 42.0 Å². The average Bonchev–Trinajstić information content (AvgIpc) is 2.03.